The van der Waals surface area contributed by atoms with Gasteiger partial charge in [-0.1, -0.05) is 23.7 Å². The molecule has 0 unspecified atom stereocenters. The molecule has 2 aromatic heterocycles. The maximum absolute atomic E-state index is 12.2. The molecule has 1 amide bonds. The van der Waals surface area contributed by atoms with Crippen molar-refractivity contribution in [1.29, 1.82) is 0 Å². The van der Waals surface area contributed by atoms with E-state index in [-0.39, 0.29) is 23.8 Å². The lowest BCUT2D eigenvalue weighted by atomic mass is 10.1. The Morgan fingerprint density at radius 3 is 2.79 bits per heavy atom. The minimum Gasteiger partial charge on any atom is -0.354 e. The molecule has 2 heterocycles. The van der Waals surface area contributed by atoms with E-state index < -0.39 is 0 Å². The fourth-order valence-electron chi connectivity index (χ4n) is 2.74. The van der Waals surface area contributed by atoms with Crippen LogP contribution in [0.2, 0.25) is 5.02 Å². The van der Waals surface area contributed by atoms with E-state index in [1.807, 2.05) is 36.4 Å². The molecule has 6 heteroatoms. The van der Waals surface area contributed by atoms with Crippen molar-refractivity contribution < 1.29 is 4.79 Å². The summed E-state index contributed by atoms with van der Waals surface area (Å²) >= 11 is 6.12. The number of H-pyrrole nitrogens is 1. The fraction of sp³-hybridized carbons (Fsp3) is 0.222. The molecule has 0 fully saturated rings. The Bertz CT molecular complexity index is 956. The number of aromatic amines is 1. The van der Waals surface area contributed by atoms with Crippen molar-refractivity contribution in [2.24, 2.45) is 0 Å². The summed E-state index contributed by atoms with van der Waals surface area (Å²) in [4.78, 5) is 27.0. The van der Waals surface area contributed by atoms with E-state index in [1.54, 1.807) is 12.3 Å². The lowest BCUT2D eigenvalue weighted by molar-refractivity contribution is -0.120. The van der Waals surface area contributed by atoms with Crippen LogP contribution in [0.5, 0.6) is 0 Å². The first-order valence-corrected chi connectivity index (χ1v) is 8.10. The van der Waals surface area contributed by atoms with Crippen LogP contribution in [0.3, 0.4) is 0 Å². The number of pyridine rings is 1. The highest BCUT2D eigenvalue weighted by atomic mass is 35.5. The first kappa shape index (κ1) is 16.3. The van der Waals surface area contributed by atoms with Crippen LogP contribution in [0.25, 0.3) is 16.9 Å². The molecule has 1 aromatic carbocycles. The van der Waals surface area contributed by atoms with Crippen molar-refractivity contribution in [3.63, 3.8) is 0 Å². The van der Waals surface area contributed by atoms with E-state index in [0.717, 1.165) is 17.0 Å². The van der Waals surface area contributed by atoms with Gasteiger partial charge in [-0.2, -0.15) is 0 Å². The van der Waals surface area contributed by atoms with Gasteiger partial charge in [-0.15, -0.1) is 0 Å². The highest BCUT2D eigenvalue weighted by Crippen LogP contribution is 2.27. The maximum atomic E-state index is 12.2. The zero-order valence-corrected chi connectivity index (χ0v) is 14.2. The molecule has 0 aliphatic carbocycles. The van der Waals surface area contributed by atoms with E-state index in [9.17, 15) is 9.59 Å². The number of nitrogens with one attached hydrogen (secondary N) is 2. The Morgan fingerprint density at radius 2 is 2.08 bits per heavy atom. The van der Waals surface area contributed by atoms with Crippen LogP contribution >= 0.6 is 11.6 Å². The van der Waals surface area contributed by atoms with Crippen molar-refractivity contribution in [3.05, 3.63) is 63.5 Å². The minimum absolute atomic E-state index is 0.0670. The second-order valence-corrected chi connectivity index (χ2v) is 6.42. The van der Waals surface area contributed by atoms with Crippen LogP contribution in [-0.2, 0) is 11.2 Å². The van der Waals surface area contributed by atoms with Crippen molar-refractivity contribution in [2.45, 2.75) is 26.3 Å². The lowest BCUT2D eigenvalue weighted by Crippen LogP contribution is -2.31. The van der Waals surface area contributed by atoms with Crippen LogP contribution in [0.15, 0.2) is 47.4 Å². The van der Waals surface area contributed by atoms with E-state index in [1.165, 1.54) is 12.1 Å². The first-order chi connectivity index (χ1) is 11.4. The number of amides is 1. The van der Waals surface area contributed by atoms with Gasteiger partial charge in [0, 0.05) is 35.0 Å². The topological polar surface area (TPSA) is 66.4 Å². The predicted octanol–water partition coefficient (Wildman–Crippen LogP) is 3.02. The molecule has 2 N–H and O–H groups in total. The Morgan fingerprint density at radius 1 is 1.29 bits per heavy atom. The van der Waals surface area contributed by atoms with Gasteiger partial charge in [-0.05, 0) is 26.0 Å². The number of rotatable bonds is 4. The standard InChI is InChI=1S/C18H18ClN3O2/c1-11(2)20-17(24)10-15-18(12-4-3-5-13(19)8-12)22-7-6-14(23)9-16(22)21-15/h3-9,11,21H,10H2,1-2H3,(H,20,24). The third-order valence-electron chi connectivity index (χ3n) is 3.62. The van der Waals surface area contributed by atoms with Crippen molar-refractivity contribution in [1.82, 2.24) is 14.7 Å². The SMILES string of the molecule is CC(C)NC(=O)Cc1[nH]c2cc(=O)ccn2c1-c1cccc(Cl)c1. The number of nitrogens with zero attached hydrogens (tertiary/aromatic N) is 1. The molecule has 0 spiro atoms. The molecule has 0 saturated heterocycles. The van der Waals surface area contributed by atoms with Gasteiger partial charge in [-0.25, -0.2) is 0 Å². The van der Waals surface area contributed by atoms with Crippen molar-refractivity contribution in [2.75, 3.05) is 0 Å². The summed E-state index contributed by atoms with van der Waals surface area (Å²) < 4.78 is 1.87. The van der Waals surface area contributed by atoms with Gasteiger partial charge in [0.2, 0.25) is 5.91 Å². The molecule has 24 heavy (non-hydrogen) atoms. The fourth-order valence-corrected chi connectivity index (χ4v) is 2.93. The monoisotopic (exact) mass is 343 g/mol. The van der Waals surface area contributed by atoms with Crippen LogP contribution < -0.4 is 10.7 Å². The molecule has 0 bridgehead atoms. The van der Waals surface area contributed by atoms with E-state index >= 15 is 0 Å². The highest BCUT2D eigenvalue weighted by Gasteiger charge is 2.16. The van der Waals surface area contributed by atoms with Gasteiger partial charge >= 0.3 is 0 Å². The van der Waals surface area contributed by atoms with Gasteiger partial charge in [0.05, 0.1) is 17.8 Å². The lowest BCUT2D eigenvalue weighted by Gasteiger charge is -2.09. The molecule has 0 atom stereocenters. The normalized spacial score (nSPS) is 11.2. The summed E-state index contributed by atoms with van der Waals surface area (Å²) in [5, 5.41) is 3.49. The summed E-state index contributed by atoms with van der Waals surface area (Å²) in [6.07, 6.45) is 1.89. The second kappa shape index (κ2) is 6.53. The molecular weight excluding hydrogens is 326 g/mol. The largest absolute Gasteiger partial charge is 0.354 e. The van der Waals surface area contributed by atoms with Crippen LogP contribution in [0.4, 0.5) is 0 Å². The third kappa shape index (κ3) is 3.36. The van der Waals surface area contributed by atoms with E-state index in [0.29, 0.717) is 10.7 Å². The minimum atomic E-state index is -0.0907. The number of benzene rings is 1. The Balaban J connectivity index is 2.15. The zero-order valence-electron chi connectivity index (χ0n) is 13.5. The second-order valence-electron chi connectivity index (χ2n) is 5.98. The van der Waals surface area contributed by atoms with Gasteiger partial charge < -0.3 is 14.7 Å². The van der Waals surface area contributed by atoms with Gasteiger partial charge in [0.25, 0.3) is 0 Å². The first-order valence-electron chi connectivity index (χ1n) is 7.72. The highest BCUT2D eigenvalue weighted by molar-refractivity contribution is 6.30. The number of halogens is 1. The van der Waals surface area contributed by atoms with E-state index in [2.05, 4.69) is 10.3 Å². The average molecular weight is 344 g/mol. The van der Waals surface area contributed by atoms with Crippen LogP contribution in [0.1, 0.15) is 19.5 Å². The number of carbonyl (C=O) groups excluding carboxylic acids is 1. The van der Waals surface area contributed by atoms with Gasteiger partial charge in [-0.3, -0.25) is 9.59 Å². The Labute approximate surface area is 144 Å². The zero-order chi connectivity index (χ0) is 17.3. The number of fused-ring (bicyclic) bond motifs is 1. The summed E-state index contributed by atoms with van der Waals surface area (Å²) in [5.41, 5.74) is 2.99. The number of hydrogen-bond acceptors (Lipinski definition) is 2. The molecule has 3 aromatic rings. The molecule has 0 aliphatic heterocycles. The molecule has 124 valence electrons. The summed E-state index contributed by atoms with van der Waals surface area (Å²) in [7, 11) is 0. The number of imidazole rings is 1. The molecule has 0 radical (unpaired) electrons. The molecule has 0 saturated carbocycles. The smallest absolute Gasteiger partial charge is 0.226 e. The quantitative estimate of drug-likeness (QED) is 0.764. The molecule has 0 aliphatic rings. The average Bonchev–Trinajstić information content (AvgIpc) is 2.82. The Hall–Kier alpha value is -2.53. The van der Waals surface area contributed by atoms with Gasteiger partial charge in [0.1, 0.15) is 5.65 Å². The van der Waals surface area contributed by atoms with Gasteiger partial charge in [0.15, 0.2) is 5.43 Å². The van der Waals surface area contributed by atoms with Crippen LogP contribution in [-0.4, -0.2) is 21.3 Å². The third-order valence-corrected chi connectivity index (χ3v) is 3.85. The van der Waals surface area contributed by atoms with E-state index in [4.69, 9.17) is 11.6 Å². The summed E-state index contributed by atoms with van der Waals surface area (Å²) in [5.74, 6) is -0.0808. The number of aromatic nitrogens is 2. The number of hydrogen-bond donors (Lipinski definition) is 2. The van der Waals surface area contributed by atoms with Crippen molar-refractivity contribution in [3.8, 4) is 11.3 Å². The molecular formula is C18H18ClN3O2. The maximum Gasteiger partial charge on any atom is 0.226 e. The molecule has 3 rings (SSSR count). The van der Waals surface area contributed by atoms with Crippen LogP contribution in [0, 0.1) is 0 Å². The summed E-state index contributed by atoms with van der Waals surface area (Å²) in [6.45, 7) is 3.83. The molecule has 5 nitrogen and oxygen atoms in total. The summed E-state index contributed by atoms with van der Waals surface area (Å²) in [6, 6.07) is 10.5. The number of carbonyl (C=O) groups is 1. The Kier molecular flexibility index (Phi) is 4.44. The van der Waals surface area contributed by atoms with Crippen molar-refractivity contribution >= 4 is 23.2 Å². The predicted molar refractivity (Wildman–Crippen MR) is 95.4 cm³/mol.